The van der Waals surface area contributed by atoms with Crippen LogP contribution in [-0.4, -0.2) is 37.2 Å². The van der Waals surface area contributed by atoms with E-state index in [9.17, 15) is 14.4 Å². The molecule has 6 nitrogen and oxygen atoms in total. The second-order valence-electron chi connectivity index (χ2n) is 16.7. The molecule has 0 aliphatic carbocycles. The molecule has 0 amide bonds. The molecule has 1 atom stereocenters. The van der Waals surface area contributed by atoms with E-state index in [0.29, 0.717) is 19.3 Å². The zero-order valence-electron chi connectivity index (χ0n) is 38.1. The van der Waals surface area contributed by atoms with Gasteiger partial charge in [0, 0.05) is 19.3 Å². The van der Waals surface area contributed by atoms with Crippen molar-refractivity contribution in [1.29, 1.82) is 0 Å². The molecule has 0 spiro atoms. The van der Waals surface area contributed by atoms with E-state index in [1.165, 1.54) is 128 Å². The van der Waals surface area contributed by atoms with Gasteiger partial charge in [-0.2, -0.15) is 0 Å². The Bertz CT molecular complexity index is 927. The monoisotopic (exact) mass is 803 g/mol. The van der Waals surface area contributed by atoms with Crippen molar-refractivity contribution < 1.29 is 28.6 Å². The number of carbonyl (C=O) groups excluding carboxylic acids is 3. The Hall–Kier alpha value is -2.11. The second-order valence-corrected chi connectivity index (χ2v) is 16.7. The molecule has 0 saturated heterocycles. The summed E-state index contributed by atoms with van der Waals surface area (Å²) in [7, 11) is 0. The number of hydrogen-bond donors (Lipinski definition) is 0. The number of allylic oxidation sites excluding steroid dienone is 4. The lowest BCUT2D eigenvalue weighted by Crippen LogP contribution is -2.30. The lowest BCUT2D eigenvalue weighted by Gasteiger charge is -2.18. The average molecular weight is 803 g/mol. The zero-order valence-corrected chi connectivity index (χ0v) is 38.1. The van der Waals surface area contributed by atoms with Crippen molar-refractivity contribution in [1.82, 2.24) is 0 Å². The third-order valence-electron chi connectivity index (χ3n) is 10.9. The molecule has 334 valence electrons. The number of hydrogen-bond acceptors (Lipinski definition) is 6. The first-order valence-electron chi connectivity index (χ1n) is 24.8. The van der Waals surface area contributed by atoms with E-state index >= 15 is 0 Å². The average Bonchev–Trinajstić information content (AvgIpc) is 3.21. The highest BCUT2D eigenvalue weighted by molar-refractivity contribution is 5.71. The second kappa shape index (κ2) is 46.6. The maximum Gasteiger partial charge on any atom is 0.306 e. The SMILES string of the molecule is CCC/C=C\C/C=C\CCCCCCCC(=O)OC(COC(=O)CCCCCCC)COC(=O)CCCCCCCCCCCCCCCCCCCCCCC. The molecule has 0 aliphatic heterocycles. The highest BCUT2D eigenvalue weighted by Crippen LogP contribution is 2.16. The summed E-state index contributed by atoms with van der Waals surface area (Å²) >= 11 is 0. The van der Waals surface area contributed by atoms with E-state index in [0.717, 1.165) is 96.3 Å². The molecule has 57 heavy (non-hydrogen) atoms. The summed E-state index contributed by atoms with van der Waals surface area (Å²) in [5.74, 6) is -0.893. The summed E-state index contributed by atoms with van der Waals surface area (Å²) in [5, 5.41) is 0. The Kier molecular flexibility index (Phi) is 44.9. The van der Waals surface area contributed by atoms with Gasteiger partial charge < -0.3 is 14.2 Å². The van der Waals surface area contributed by atoms with E-state index in [4.69, 9.17) is 14.2 Å². The van der Waals surface area contributed by atoms with Gasteiger partial charge in [0.25, 0.3) is 0 Å². The number of unbranched alkanes of at least 4 members (excludes halogenated alkanes) is 30. The zero-order chi connectivity index (χ0) is 41.5. The molecule has 0 aliphatic rings. The lowest BCUT2D eigenvalue weighted by atomic mass is 10.0. The van der Waals surface area contributed by atoms with Gasteiger partial charge in [-0.15, -0.1) is 0 Å². The molecule has 0 bridgehead atoms. The Morgan fingerprint density at radius 2 is 0.667 bits per heavy atom. The van der Waals surface area contributed by atoms with E-state index in [1.807, 2.05) is 0 Å². The van der Waals surface area contributed by atoms with Crippen molar-refractivity contribution in [3.8, 4) is 0 Å². The van der Waals surface area contributed by atoms with Crippen LogP contribution in [0.3, 0.4) is 0 Å². The van der Waals surface area contributed by atoms with Crippen LogP contribution in [0.5, 0.6) is 0 Å². The predicted molar refractivity (Wildman–Crippen MR) is 243 cm³/mol. The van der Waals surface area contributed by atoms with Crippen LogP contribution in [0.25, 0.3) is 0 Å². The lowest BCUT2D eigenvalue weighted by molar-refractivity contribution is -0.167. The maximum absolute atomic E-state index is 12.7. The van der Waals surface area contributed by atoms with Gasteiger partial charge in [0.15, 0.2) is 6.10 Å². The quantitative estimate of drug-likeness (QED) is 0.0264. The van der Waals surface area contributed by atoms with E-state index < -0.39 is 6.10 Å². The predicted octanol–water partition coefficient (Wildman–Crippen LogP) is 16.0. The first kappa shape index (κ1) is 54.9. The Labute approximate surface area is 353 Å². The normalized spacial score (nSPS) is 12.1. The summed E-state index contributed by atoms with van der Waals surface area (Å²) in [5.41, 5.74) is 0. The molecular formula is C51H94O6. The standard InChI is InChI=1S/C51H94O6/c1-4-7-10-13-15-17-19-21-22-23-24-25-26-27-28-30-31-33-35-38-41-44-50(53)56-47-48(46-55-49(52)43-40-37-12-9-6-3)57-51(54)45-42-39-36-34-32-29-20-18-16-14-11-8-5-2/h11,14,18,20,48H,4-10,12-13,15-17,19,21-47H2,1-3H3/b14-11-,20-18-. The molecule has 6 heteroatoms. The molecule has 0 saturated carbocycles. The van der Waals surface area contributed by atoms with Crippen LogP contribution >= 0.6 is 0 Å². The minimum absolute atomic E-state index is 0.0739. The van der Waals surface area contributed by atoms with Crippen molar-refractivity contribution in [2.75, 3.05) is 13.2 Å². The third-order valence-corrected chi connectivity index (χ3v) is 10.9. The molecule has 0 aromatic carbocycles. The van der Waals surface area contributed by atoms with Crippen LogP contribution in [0, 0.1) is 0 Å². The fourth-order valence-electron chi connectivity index (χ4n) is 7.19. The van der Waals surface area contributed by atoms with Crippen molar-refractivity contribution in [2.45, 2.75) is 271 Å². The van der Waals surface area contributed by atoms with E-state index in [1.54, 1.807) is 0 Å². The molecule has 1 unspecified atom stereocenters. The van der Waals surface area contributed by atoms with Crippen LogP contribution in [-0.2, 0) is 28.6 Å². The minimum Gasteiger partial charge on any atom is -0.462 e. The van der Waals surface area contributed by atoms with Crippen molar-refractivity contribution in [2.24, 2.45) is 0 Å². The summed E-state index contributed by atoms with van der Waals surface area (Å²) in [6.45, 7) is 6.50. The van der Waals surface area contributed by atoms with Crippen LogP contribution in [0.2, 0.25) is 0 Å². The van der Waals surface area contributed by atoms with Gasteiger partial charge in [0.05, 0.1) is 0 Å². The molecule has 0 radical (unpaired) electrons. The largest absolute Gasteiger partial charge is 0.462 e. The summed E-state index contributed by atoms with van der Waals surface area (Å²) in [4.78, 5) is 37.5. The molecule has 0 rings (SSSR count). The van der Waals surface area contributed by atoms with Gasteiger partial charge in [0.1, 0.15) is 13.2 Å². The number of ether oxygens (including phenoxy) is 3. The van der Waals surface area contributed by atoms with Crippen LogP contribution in [0.4, 0.5) is 0 Å². The van der Waals surface area contributed by atoms with E-state index in [2.05, 4.69) is 45.1 Å². The number of esters is 3. The van der Waals surface area contributed by atoms with Crippen LogP contribution in [0.1, 0.15) is 265 Å². The minimum atomic E-state index is -0.770. The van der Waals surface area contributed by atoms with Crippen molar-refractivity contribution in [3.05, 3.63) is 24.3 Å². The first-order valence-corrected chi connectivity index (χ1v) is 24.8. The van der Waals surface area contributed by atoms with Gasteiger partial charge in [-0.3, -0.25) is 14.4 Å². The Morgan fingerprint density at radius 3 is 1.04 bits per heavy atom. The van der Waals surface area contributed by atoms with Gasteiger partial charge in [-0.1, -0.05) is 225 Å². The smallest absolute Gasteiger partial charge is 0.306 e. The first-order chi connectivity index (χ1) is 28.0. The number of rotatable bonds is 45. The molecule has 0 N–H and O–H groups in total. The molecule has 0 aromatic heterocycles. The van der Waals surface area contributed by atoms with Gasteiger partial charge in [-0.05, 0) is 44.9 Å². The highest BCUT2D eigenvalue weighted by atomic mass is 16.6. The van der Waals surface area contributed by atoms with Crippen LogP contribution < -0.4 is 0 Å². The van der Waals surface area contributed by atoms with E-state index in [-0.39, 0.29) is 31.1 Å². The Balaban J connectivity index is 4.09. The molecule has 0 heterocycles. The third kappa shape index (κ3) is 44.8. The summed E-state index contributed by atoms with van der Waals surface area (Å²) < 4.78 is 16.6. The summed E-state index contributed by atoms with van der Waals surface area (Å²) in [6, 6.07) is 0. The van der Waals surface area contributed by atoms with Gasteiger partial charge in [-0.25, -0.2) is 0 Å². The van der Waals surface area contributed by atoms with Gasteiger partial charge in [0.2, 0.25) is 0 Å². The fourth-order valence-corrected chi connectivity index (χ4v) is 7.19. The highest BCUT2D eigenvalue weighted by Gasteiger charge is 2.19. The molecule has 0 aromatic rings. The number of carbonyl (C=O) groups is 3. The molecule has 0 fully saturated rings. The fraction of sp³-hybridized carbons (Fsp3) is 0.863. The Morgan fingerprint density at radius 1 is 0.351 bits per heavy atom. The maximum atomic E-state index is 12.7. The van der Waals surface area contributed by atoms with Crippen molar-refractivity contribution >= 4 is 17.9 Å². The molecular weight excluding hydrogens is 709 g/mol. The van der Waals surface area contributed by atoms with Crippen molar-refractivity contribution in [3.63, 3.8) is 0 Å². The van der Waals surface area contributed by atoms with Gasteiger partial charge >= 0.3 is 17.9 Å². The summed E-state index contributed by atoms with van der Waals surface area (Å²) in [6.07, 6.45) is 52.1. The van der Waals surface area contributed by atoms with Crippen LogP contribution in [0.15, 0.2) is 24.3 Å². The topological polar surface area (TPSA) is 78.9 Å².